The smallest absolute Gasteiger partial charge is 0.274 e. The first-order chi connectivity index (χ1) is 6.52. The Kier molecular flexibility index (Phi) is 4.53. The number of halogens is 1. The van der Waals surface area contributed by atoms with Crippen LogP contribution in [-0.4, -0.2) is 10.9 Å². The Morgan fingerprint density at radius 1 is 1.47 bits per heavy atom. The van der Waals surface area contributed by atoms with Crippen molar-refractivity contribution in [3.8, 4) is 0 Å². The van der Waals surface area contributed by atoms with E-state index < -0.39 is 4.92 Å². The molecule has 0 fully saturated rings. The van der Waals surface area contributed by atoms with E-state index in [-0.39, 0.29) is 24.1 Å². The topological polar surface area (TPSA) is 108 Å². The van der Waals surface area contributed by atoms with E-state index >= 15 is 0 Å². The van der Waals surface area contributed by atoms with E-state index in [1.807, 2.05) is 0 Å². The van der Waals surface area contributed by atoms with Crippen LogP contribution in [0.25, 0.3) is 0 Å². The van der Waals surface area contributed by atoms with Gasteiger partial charge in [0.1, 0.15) is 0 Å². The standard InChI is InChI=1S/C8H10N4O2.ClH/c1-5-6(11-8(9)10)3-2-4-7(5)12(13)14;/h2-4H,1H3,(H4,9,10,11);1H. The molecular weight excluding hydrogens is 220 g/mol. The largest absolute Gasteiger partial charge is 0.370 e. The first-order valence-electron chi connectivity index (χ1n) is 3.86. The molecule has 0 bridgehead atoms. The number of hydrogen-bond acceptors (Lipinski definition) is 3. The number of nitrogens with zero attached hydrogens (tertiary/aromatic N) is 2. The third-order valence-electron chi connectivity index (χ3n) is 1.72. The molecule has 0 radical (unpaired) electrons. The third kappa shape index (κ3) is 3.10. The molecule has 0 amide bonds. The van der Waals surface area contributed by atoms with E-state index in [0.29, 0.717) is 11.3 Å². The Balaban J connectivity index is 0.00000196. The van der Waals surface area contributed by atoms with E-state index in [0.717, 1.165) is 0 Å². The maximum atomic E-state index is 10.6. The van der Waals surface area contributed by atoms with Crippen LogP contribution >= 0.6 is 12.4 Å². The summed E-state index contributed by atoms with van der Waals surface area (Å²) in [6.07, 6.45) is 0. The van der Waals surface area contributed by atoms with Gasteiger partial charge in [-0.15, -0.1) is 12.4 Å². The summed E-state index contributed by atoms with van der Waals surface area (Å²) >= 11 is 0. The molecule has 1 aromatic rings. The van der Waals surface area contributed by atoms with E-state index in [1.165, 1.54) is 12.1 Å². The predicted molar refractivity (Wildman–Crippen MR) is 60.6 cm³/mol. The molecule has 7 heteroatoms. The van der Waals surface area contributed by atoms with E-state index in [4.69, 9.17) is 11.5 Å². The summed E-state index contributed by atoms with van der Waals surface area (Å²) < 4.78 is 0. The van der Waals surface area contributed by atoms with Crippen molar-refractivity contribution in [1.29, 1.82) is 0 Å². The summed E-state index contributed by atoms with van der Waals surface area (Å²) in [7, 11) is 0. The van der Waals surface area contributed by atoms with Gasteiger partial charge in [-0.2, -0.15) is 0 Å². The average molecular weight is 231 g/mol. The van der Waals surface area contributed by atoms with Gasteiger partial charge in [-0.05, 0) is 13.0 Å². The molecule has 1 aromatic carbocycles. The molecule has 1 rings (SSSR count). The number of rotatable bonds is 2. The lowest BCUT2D eigenvalue weighted by atomic mass is 10.1. The molecule has 6 nitrogen and oxygen atoms in total. The highest BCUT2D eigenvalue weighted by Gasteiger charge is 2.12. The number of nitro benzene ring substituents is 1. The van der Waals surface area contributed by atoms with Gasteiger partial charge in [0.2, 0.25) is 0 Å². The van der Waals surface area contributed by atoms with Crippen LogP contribution in [0.3, 0.4) is 0 Å². The molecule has 0 spiro atoms. The van der Waals surface area contributed by atoms with Crippen molar-refractivity contribution >= 4 is 29.7 Å². The molecule has 0 aliphatic carbocycles. The lowest BCUT2D eigenvalue weighted by Gasteiger charge is -2.00. The Hall–Kier alpha value is -1.82. The predicted octanol–water partition coefficient (Wildman–Crippen LogP) is 1.23. The van der Waals surface area contributed by atoms with Crippen LogP contribution in [0.15, 0.2) is 23.2 Å². The normalized spacial score (nSPS) is 8.87. The van der Waals surface area contributed by atoms with Gasteiger partial charge in [0.15, 0.2) is 5.96 Å². The van der Waals surface area contributed by atoms with Crippen LogP contribution in [0.4, 0.5) is 11.4 Å². The summed E-state index contributed by atoms with van der Waals surface area (Å²) in [5.41, 5.74) is 11.2. The Morgan fingerprint density at radius 3 is 2.53 bits per heavy atom. The highest BCUT2D eigenvalue weighted by Crippen LogP contribution is 2.26. The van der Waals surface area contributed by atoms with E-state index in [1.54, 1.807) is 13.0 Å². The number of guanidine groups is 1. The first kappa shape index (κ1) is 13.2. The molecule has 0 aliphatic heterocycles. The number of benzene rings is 1. The van der Waals surface area contributed by atoms with Crippen LogP contribution in [0.5, 0.6) is 0 Å². The van der Waals surface area contributed by atoms with Crippen LogP contribution in [0, 0.1) is 17.0 Å². The zero-order valence-corrected chi connectivity index (χ0v) is 8.82. The van der Waals surface area contributed by atoms with Gasteiger partial charge in [0, 0.05) is 6.07 Å². The minimum Gasteiger partial charge on any atom is -0.370 e. The maximum absolute atomic E-state index is 10.6. The van der Waals surface area contributed by atoms with Crippen molar-refractivity contribution in [3.63, 3.8) is 0 Å². The van der Waals surface area contributed by atoms with Crippen molar-refractivity contribution in [2.75, 3.05) is 0 Å². The van der Waals surface area contributed by atoms with Crippen LogP contribution in [0.1, 0.15) is 5.56 Å². The zero-order valence-electron chi connectivity index (χ0n) is 8.01. The van der Waals surface area contributed by atoms with Crippen molar-refractivity contribution in [1.82, 2.24) is 0 Å². The van der Waals surface area contributed by atoms with Gasteiger partial charge in [-0.1, -0.05) is 6.07 Å². The Morgan fingerprint density at radius 2 is 2.07 bits per heavy atom. The number of nitro groups is 1. The van der Waals surface area contributed by atoms with Crippen LogP contribution in [0.2, 0.25) is 0 Å². The third-order valence-corrected chi connectivity index (χ3v) is 1.72. The zero-order chi connectivity index (χ0) is 10.7. The fourth-order valence-electron chi connectivity index (χ4n) is 1.07. The van der Waals surface area contributed by atoms with Crippen LogP contribution in [-0.2, 0) is 0 Å². The molecule has 0 heterocycles. The van der Waals surface area contributed by atoms with Crippen molar-refractivity contribution in [2.24, 2.45) is 16.5 Å². The average Bonchev–Trinajstić information content (AvgIpc) is 2.07. The molecule has 0 saturated carbocycles. The van der Waals surface area contributed by atoms with Gasteiger partial charge in [0.05, 0.1) is 16.2 Å². The fraction of sp³-hybridized carbons (Fsp3) is 0.125. The minimum absolute atomic E-state index is 0. The minimum atomic E-state index is -0.471. The summed E-state index contributed by atoms with van der Waals surface area (Å²) in [4.78, 5) is 13.9. The van der Waals surface area contributed by atoms with Crippen LogP contribution < -0.4 is 11.5 Å². The Labute approximate surface area is 92.5 Å². The van der Waals surface area contributed by atoms with Gasteiger partial charge in [-0.3, -0.25) is 10.1 Å². The molecule has 4 N–H and O–H groups in total. The molecule has 82 valence electrons. The molecule has 0 saturated heterocycles. The molecular formula is C8H11ClN4O2. The lowest BCUT2D eigenvalue weighted by Crippen LogP contribution is -2.22. The van der Waals surface area contributed by atoms with E-state index in [9.17, 15) is 10.1 Å². The Bertz CT molecular complexity index is 402. The van der Waals surface area contributed by atoms with Gasteiger partial charge >= 0.3 is 0 Å². The summed E-state index contributed by atoms with van der Waals surface area (Å²) in [6.45, 7) is 1.60. The van der Waals surface area contributed by atoms with Crippen molar-refractivity contribution < 1.29 is 4.92 Å². The number of nitrogens with two attached hydrogens (primary N) is 2. The summed E-state index contributed by atoms with van der Waals surface area (Å²) in [6, 6.07) is 4.55. The van der Waals surface area contributed by atoms with Gasteiger partial charge in [0.25, 0.3) is 5.69 Å². The highest BCUT2D eigenvalue weighted by atomic mass is 35.5. The number of aliphatic imine (C=N–C) groups is 1. The molecule has 0 aromatic heterocycles. The second kappa shape index (κ2) is 5.16. The molecule has 0 aliphatic rings. The molecule has 15 heavy (non-hydrogen) atoms. The van der Waals surface area contributed by atoms with Gasteiger partial charge < -0.3 is 11.5 Å². The summed E-state index contributed by atoms with van der Waals surface area (Å²) in [5, 5.41) is 10.6. The maximum Gasteiger partial charge on any atom is 0.274 e. The van der Waals surface area contributed by atoms with Crippen molar-refractivity contribution in [3.05, 3.63) is 33.9 Å². The second-order valence-corrected chi connectivity index (χ2v) is 2.72. The highest BCUT2D eigenvalue weighted by molar-refractivity contribution is 5.85. The lowest BCUT2D eigenvalue weighted by molar-refractivity contribution is -0.385. The molecule has 0 atom stereocenters. The quantitative estimate of drug-likeness (QED) is 0.345. The van der Waals surface area contributed by atoms with E-state index in [2.05, 4.69) is 4.99 Å². The number of hydrogen-bond donors (Lipinski definition) is 2. The molecule has 0 unspecified atom stereocenters. The SMILES string of the molecule is Cc1c(N=C(N)N)cccc1[N+](=O)[O-].Cl. The van der Waals surface area contributed by atoms with Crippen molar-refractivity contribution in [2.45, 2.75) is 6.92 Å². The fourth-order valence-corrected chi connectivity index (χ4v) is 1.07. The summed E-state index contributed by atoms with van der Waals surface area (Å²) in [5.74, 6) is -0.117. The van der Waals surface area contributed by atoms with Gasteiger partial charge in [-0.25, -0.2) is 4.99 Å². The second-order valence-electron chi connectivity index (χ2n) is 2.72. The monoisotopic (exact) mass is 230 g/mol. The first-order valence-corrected chi connectivity index (χ1v) is 3.86.